The van der Waals surface area contributed by atoms with Gasteiger partial charge in [-0.3, -0.25) is 4.79 Å². The molecule has 2 atom stereocenters. The summed E-state index contributed by atoms with van der Waals surface area (Å²) < 4.78 is 58.3. The van der Waals surface area contributed by atoms with Gasteiger partial charge in [-0.25, -0.2) is 9.37 Å². The van der Waals surface area contributed by atoms with Gasteiger partial charge in [0.05, 0.1) is 29.6 Å². The molecule has 0 N–H and O–H groups in total. The Hall–Kier alpha value is -3.50. The molecule has 0 bridgehead atoms. The lowest BCUT2D eigenvalue weighted by atomic mass is 9.90. The molecule has 3 aromatic rings. The molecule has 11 heteroatoms. The molecule has 7 nitrogen and oxygen atoms in total. The van der Waals surface area contributed by atoms with Gasteiger partial charge in [-0.1, -0.05) is 6.92 Å². The van der Waals surface area contributed by atoms with E-state index < -0.39 is 17.6 Å². The molecular formula is C23H23F4N5O2. The van der Waals surface area contributed by atoms with E-state index in [-0.39, 0.29) is 47.2 Å². The first kappa shape index (κ1) is 23.7. The van der Waals surface area contributed by atoms with Crippen LogP contribution in [0.25, 0.3) is 5.69 Å². The summed E-state index contributed by atoms with van der Waals surface area (Å²) in [5.41, 5.74) is -0.109. The van der Waals surface area contributed by atoms with E-state index in [2.05, 4.69) is 15.2 Å². The highest BCUT2D eigenvalue weighted by Gasteiger charge is 2.35. The van der Waals surface area contributed by atoms with Crippen LogP contribution in [0.2, 0.25) is 0 Å². The van der Waals surface area contributed by atoms with Crippen LogP contribution in [0.3, 0.4) is 0 Å². The number of piperidine rings is 1. The van der Waals surface area contributed by atoms with Crippen LogP contribution in [0.4, 0.5) is 17.6 Å². The quantitative estimate of drug-likeness (QED) is 0.508. The molecule has 0 aliphatic carbocycles. The van der Waals surface area contributed by atoms with Crippen molar-refractivity contribution >= 4 is 5.91 Å². The summed E-state index contributed by atoms with van der Waals surface area (Å²) in [5, 5.41) is 8.13. The van der Waals surface area contributed by atoms with Crippen LogP contribution in [-0.2, 0) is 6.18 Å². The minimum Gasteiger partial charge on any atom is -0.475 e. The number of hydrogen-bond acceptors (Lipinski definition) is 5. The van der Waals surface area contributed by atoms with Crippen LogP contribution < -0.4 is 4.74 Å². The molecule has 1 aromatic carbocycles. The van der Waals surface area contributed by atoms with Crippen molar-refractivity contribution in [3.8, 4) is 11.6 Å². The maximum atomic E-state index is 14.3. The predicted molar refractivity (Wildman–Crippen MR) is 114 cm³/mol. The first-order chi connectivity index (χ1) is 16.2. The van der Waals surface area contributed by atoms with Crippen molar-refractivity contribution in [2.24, 2.45) is 5.92 Å². The van der Waals surface area contributed by atoms with Gasteiger partial charge in [-0.15, -0.1) is 0 Å². The zero-order valence-electron chi connectivity index (χ0n) is 18.6. The van der Waals surface area contributed by atoms with Gasteiger partial charge in [0, 0.05) is 24.4 Å². The smallest absolute Gasteiger partial charge is 0.417 e. The fourth-order valence-electron chi connectivity index (χ4n) is 4.15. The third kappa shape index (κ3) is 4.73. The number of halogens is 4. The molecule has 0 radical (unpaired) electrons. The van der Waals surface area contributed by atoms with E-state index in [0.717, 1.165) is 25.0 Å². The van der Waals surface area contributed by atoms with E-state index in [4.69, 9.17) is 4.74 Å². The molecule has 1 amide bonds. The Labute approximate surface area is 193 Å². The zero-order chi connectivity index (χ0) is 24.5. The van der Waals surface area contributed by atoms with Crippen LogP contribution in [0.1, 0.15) is 41.3 Å². The molecule has 1 aliphatic heterocycles. The summed E-state index contributed by atoms with van der Waals surface area (Å²) in [6.45, 7) is 4.06. The predicted octanol–water partition coefficient (Wildman–Crippen LogP) is 4.45. The average Bonchev–Trinajstić information content (AvgIpc) is 3.33. The van der Waals surface area contributed by atoms with Crippen molar-refractivity contribution in [3.05, 3.63) is 65.4 Å². The van der Waals surface area contributed by atoms with Crippen LogP contribution in [0.15, 0.2) is 42.9 Å². The van der Waals surface area contributed by atoms with E-state index >= 15 is 0 Å². The first-order valence-corrected chi connectivity index (χ1v) is 10.8. The monoisotopic (exact) mass is 477 g/mol. The second-order valence-corrected chi connectivity index (χ2v) is 8.27. The Kier molecular flexibility index (Phi) is 6.54. The lowest BCUT2D eigenvalue weighted by Gasteiger charge is -2.40. The Balaban J connectivity index is 1.58. The highest BCUT2D eigenvalue weighted by molar-refractivity contribution is 5.98. The van der Waals surface area contributed by atoms with Gasteiger partial charge < -0.3 is 9.64 Å². The SMILES string of the molecule is Cc1c(F)ccc(C(=O)N2CCC[C@@H](C)[C@H]2COc2ccc(C(F)(F)F)cn2)c1-n1nccn1. The fraction of sp³-hybridized carbons (Fsp3) is 0.391. The molecule has 34 heavy (non-hydrogen) atoms. The number of pyridine rings is 1. The second-order valence-electron chi connectivity index (χ2n) is 8.27. The van der Waals surface area contributed by atoms with Gasteiger partial charge in [-0.2, -0.15) is 28.2 Å². The summed E-state index contributed by atoms with van der Waals surface area (Å²) in [7, 11) is 0. The molecule has 4 rings (SSSR count). The lowest BCUT2D eigenvalue weighted by molar-refractivity contribution is -0.137. The van der Waals surface area contributed by atoms with Crippen LogP contribution >= 0.6 is 0 Å². The molecule has 1 fully saturated rings. The molecule has 0 saturated carbocycles. The van der Waals surface area contributed by atoms with Gasteiger partial charge in [0.15, 0.2) is 0 Å². The van der Waals surface area contributed by atoms with Gasteiger partial charge in [-0.05, 0) is 43.9 Å². The normalized spacial score (nSPS) is 18.7. The van der Waals surface area contributed by atoms with E-state index in [0.29, 0.717) is 12.7 Å². The number of benzene rings is 1. The number of rotatable bonds is 5. The standard InChI is InChI=1S/C23H23F4N5O2/c1-14-4-3-11-31(19(14)13-34-20-8-5-16(12-28-20)23(25,26)27)22(33)17-6-7-18(24)15(2)21(17)32-29-9-10-30-32/h5-10,12,14,19H,3-4,11,13H2,1-2H3/t14-,19-/m1/s1. The van der Waals surface area contributed by atoms with Crippen molar-refractivity contribution in [3.63, 3.8) is 0 Å². The molecule has 0 spiro atoms. The van der Waals surface area contributed by atoms with Crippen molar-refractivity contribution in [1.29, 1.82) is 0 Å². The molecule has 2 aromatic heterocycles. The van der Waals surface area contributed by atoms with Crippen LogP contribution in [-0.4, -0.2) is 50.0 Å². The maximum Gasteiger partial charge on any atom is 0.417 e. The lowest BCUT2D eigenvalue weighted by Crippen LogP contribution is -2.51. The van der Waals surface area contributed by atoms with Crippen molar-refractivity contribution in [2.45, 2.75) is 38.9 Å². The fourth-order valence-corrected chi connectivity index (χ4v) is 4.15. The van der Waals surface area contributed by atoms with E-state index in [1.165, 1.54) is 29.3 Å². The number of aromatic nitrogens is 4. The zero-order valence-corrected chi connectivity index (χ0v) is 18.6. The number of carbonyl (C=O) groups excluding carboxylic acids is 1. The number of alkyl halides is 3. The van der Waals surface area contributed by atoms with Crippen molar-refractivity contribution in [2.75, 3.05) is 13.2 Å². The minimum atomic E-state index is -4.49. The highest BCUT2D eigenvalue weighted by Crippen LogP contribution is 2.31. The van der Waals surface area contributed by atoms with Crippen LogP contribution in [0, 0.1) is 18.7 Å². The van der Waals surface area contributed by atoms with Gasteiger partial charge in [0.1, 0.15) is 18.1 Å². The summed E-state index contributed by atoms with van der Waals surface area (Å²) in [5.74, 6) is -0.697. The Morgan fingerprint density at radius 3 is 2.56 bits per heavy atom. The Bertz CT molecular complexity index is 1150. The number of carbonyl (C=O) groups is 1. The minimum absolute atomic E-state index is 0.0391. The molecule has 180 valence electrons. The third-order valence-electron chi connectivity index (χ3n) is 6.06. The molecule has 3 heterocycles. The molecular weight excluding hydrogens is 454 g/mol. The molecule has 0 unspecified atom stereocenters. The summed E-state index contributed by atoms with van der Waals surface area (Å²) in [6, 6.07) is 4.36. The average molecular weight is 477 g/mol. The number of ether oxygens (including phenoxy) is 1. The first-order valence-electron chi connectivity index (χ1n) is 10.8. The summed E-state index contributed by atoms with van der Waals surface area (Å²) in [6.07, 6.45) is 0.741. The van der Waals surface area contributed by atoms with Gasteiger partial charge >= 0.3 is 6.18 Å². The summed E-state index contributed by atoms with van der Waals surface area (Å²) in [4.78, 5) is 20.3. The molecule has 1 aliphatic rings. The van der Waals surface area contributed by atoms with Crippen LogP contribution in [0.5, 0.6) is 5.88 Å². The number of amides is 1. The van der Waals surface area contributed by atoms with Crippen molar-refractivity contribution < 1.29 is 27.1 Å². The highest BCUT2D eigenvalue weighted by atomic mass is 19.4. The third-order valence-corrected chi connectivity index (χ3v) is 6.06. The number of nitrogens with zero attached hydrogens (tertiary/aromatic N) is 5. The number of likely N-dealkylation sites (tertiary alicyclic amines) is 1. The van der Waals surface area contributed by atoms with Crippen molar-refractivity contribution in [1.82, 2.24) is 24.9 Å². The Morgan fingerprint density at radius 2 is 1.91 bits per heavy atom. The van der Waals surface area contributed by atoms with E-state index in [9.17, 15) is 22.4 Å². The largest absolute Gasteiger partial charge is 0.475 e. The summed E-state index contributed by atoms with van der Waals surface area (Å²) >= 11 is 0. The van der Waals surface area contributed by atoms with E-state index in [1.54, 1.807) is 11.8 Å². The maximum absolute atomic E-state index is 14.3. The topological polar surface area (TPSA) is 73.1 Å². The van der Waals surface area contributed by atoms with E-state index in [1.807, 2.05) is 6.92 Å². The van der Waals surface area contributed by atoms with Gasteiger partial charge in [0.25, 0.3) is 5.91 Å². The van der Waals surface area contributed by atoms with Gasteiger partial charge in [0.2, 0.25) is 5.88 Å². The molecule has 1 saturated heterocycles. The number of hydrogen-bond donors (Lipinski definition) is 0. The second kappa shape index (κ2) is 9.40. The Morgan fingerprint density at radius 1 is 1.18 bits per heavy atom.